The van der Waals surface area contributed by atoms with Gasteiger partial charge >= 0.3 is 0 Å². The normalized spacial score (nSPS) is 11.8. The molecule has 0 radical (unpaired) electrons. The summed E-state index contributed by atoms with van der Waals surface area (Å²) in [5.74, 6) is -0.801. The first-order chi connectivity index (χ1) is 21.2. The van der Waals surface area contributed by atoms with Crippen LogP contribution in [0, 0.1) is 13.8 Å². The molecule has 0 aliphatic rings. The van der Waals surface area contributed by atoms with E-state index >= 15 is 0 Å². The second kappa shape index (κ2) is 14.9. The minimum absolute atomic E-state index is 0.000651. The van der Waals surface area contributed by atoms with E-state index in [9.17, 15) is 19.5 Å². The largest absolute Gasteiger partial charge is 0.508 e. The maximum Gasteiger partial charge on any atom is 0.272 e. The van der Waals surface area contributed by atoms with E-state index in [1.165, 1.54) is 37.1 Å². The van der Waals surface area contributed by atoms with Gasteiger partial charge in [-0.1, -0.05) is 48.9 Å². The maximum atomic E-state index is 13.6. The Kier molecular flexibility index (Phi) is 10.8. The Labute approximate surface area is 261 Å². The molecule has 3 amide bonds. The van der Waals surface area contributed by atoms with Gasteiger partial charge in [-0.15, -0.1) is 11.8 Å². The van der Waals surface area contributed by atoms with Crippen molar-refractivity contribution in [2.45, 2.75) is 37.3 Å². The molecular weight excluding hydrogens is 574 g/mol. The van der Waals surface area contributed by atoms with Crippen LogP contribution in [0.25, 0.3) is 6.08 Å². The van der Waals surface area contributed by atoms with Gasteiger partial charge in [0.05, 0.1) is 12.4 Å². The van der Waals surface area contributed by atoms with Crippen LogP contribution in [0.1, 0.15) is 40.4 Å². The average Bonchev–Trinajstić information content (AvgIpc) is 3.02. The molecular formula is C35H35N3O5S. The number of methoxy groups -OCH3 is 1. The van der Waals surface area contributed by atoms with E-state index in [0.29, 0.717) is 29.0 Å². The lowest BCUT2D eigenvalue weighted by molar-refractivity contribution is -0.116. The molecule has 1 atom stereocenters. The number of nitrogens with one attached hydrogen (secondary N) is 3. The topological polar surface area (TPSA) is 117 Å². The monoisotopic (exact) mass is 609 g/mol. The summed E-state index contributed by atoms with van der Waals surface area (Å²) < 4.78 is 5.36. The molecule has 226 valence electrons. The van der Waals surface area contributed by atoms with Gasteiger partial charge in [0, 0.05) is 33.5 Å². The van der Waals surface area contributed by atoms with Gasteiger partial charge in [-0.2, -0.15) is 0 Å². The highest BCUT2D eigenvalue weighted by molar-refractivity contribution is 8.00. The smallest absolute Gasteiger partial charge is 0.272 e. The second-order valence-electron chi connectivity index (χ2n) is 10.1. The number of thioether (sulfide) groups is 1. The summed E-state index contributed by atoms with van der Waals surface area (Å²) >= 11 is 1.40. The van der Waals surface area contributed by atoms with E-state index in [1.54, 1.807) is 54.6 Å². The number of aryl methyl sites for hydroxylation is 2. The summed E-state index contributed by atoms with van der Waals surface area (Å²) in [6.07, 6.45) is 2.09. The van der Waals surface area contributed by atoms with Gasteiger partial charge < -0.3 is 25.8 Å². The Bertz CT molecular complexity index is 1690. The van der Waals surface area contributed by atoms with Crippen molar-refractivity contribution in [2.75, 3.05) is 17.7 Å². The van der Waals surface area contributed by atoms with E-state index in [2.05, 4.69) is 16.0 Å². The summed E-state index contributed by atoms with van der Waals surface area (Å²) in [5.41, 5.74) is 4.22. The second-order valence-corrected chi connectivity index (χ2v) is 11.4. The average molecular weight is 610 g/mol. The molecule has 4 N–H and O–H groups in total. The van der Waals surface area contributed by atoms with Crippen molar-refractivity contribution in [1.29, 1.82) is 0 Å². The number of amides is 3. The lowest BCUT2D eigenvalue weighted by Gasteiger charge is -2.17. The number of hydrogen-bond acceptors (Lipinski definition) is 6. The van der Waals surface area contributed by atoms with Gasteiger partial charge in [0.1, 0.15) is 17.2 Å². The fourth-order valence-electron chi connectivity index (χ4n) is 4.42. The zero-order chi connectivity index (χ0) is 31.6. The number of hydrogen-bond donors (Lipinski definition) is 4. The first-order valence-electron chi connectivity index (χ1n) is 14.1. The highest BCUT2D eigenvalue weighted by Gasteiger charge is 2.20. The van der Waals surface area contributed by atoms with Crippen LogP contribution in [0.15, 0.2) is 102 Å². The number of aromatic hydroxyl groups is 1. The van der Waals surface area contributed by atoms with Crippen LogP contribution in [0.2, 0.25) is 0 Å². The summed E-state index contributed by atoms with van der Waals surface area (Å²) in [6.45, 7) is 5.93. The number of carbonyl (C=O) groups is 3. The molecule has 0 bridgehead atoms. The third kappa shape index (κ3) is 8.52. The molecule has 4 aromatic rings. The van der Waals surface area contributed by atoms with Gasteiger partial charge in [-0.25, -0.2) is 0 Å². The van der Waals surface area contributed by atoms with Crippen molar-refractivity contribution in [1.82, 2.24) is 5.32 Å². The van der Waals surface area contributed by atoms with E-state index < -0.39 is 11.8 Å². The minimum Gasteiger partial charge on any atom is -0.508 e. The van der Waals surface area contributed by atoms with Crippen LogP contribution in [0.4, 0.5) is 11.4 Å². The van der Waals surface area contributed by atoms with Crippen molar-refractivity contribution >= 4 is 46.9 Å². The van der Waals surface area contributed by atoms with Crippen molar-refractivity contribution in [3.05, 3.63) is 119 Å². The Morgan fingerprint density at radius 2 is 1.68 bits per heavy atom. The van der Waals surface area contributed by atoms with Gasteiger partial charge in [-0.05, 0) is 80.4 Å². The Morgan fingerprint density at radius 1 is 0.909 bits per heavy atom. The Morgan fingerprint density at radius 3 is 2.39 bits per heavy atom. The van der Waals surface area contributed by atoms with Gasteiger partial charge in [0.2, 0.25) is 5.91 Å². The summed E-state index contributed by atoms with van der Waals surface area (Å²) in [6, 6.07) is 26.1. The zero-order valence-corrected chi connectivity index (χ0v) is 25.8. The summed E-state index contributed by atoms with van der Waals surface area (Å²) in [4.78, 5) is 40.5. The standard InChI is InChI=1S/C35H35N3O5S/c1-5-32(35(42)37-29-17-14-22(2)18-23(29)3)44-28-13-9-12-26(20-28)36-34(41)30(38-33(40)24-10-7-6-8-11-24)19-25-15-16-27(39)21-31(25)43-4/h6-21,32,39H,5H2,1-4H3,(H,36,41)(H,37,42)(H,38,40)/b30-19+. The zero-order valence-electron chi connectivity index (χ0n) is 25.0. The van der Waals surface area contributed by atoms with Gasteiger partial charge in [0.25, 0.3) is 11.8 Å². The first kappa shape index (κ1) is 31.9. The Hall–Kier alpha value is -5.02. The first-order valence-corrected chi connectivity index (χ1v) is 15.0. The predicted molar refractivity (Wildman–Crippen MR) is 176 cm³/mol. The number of benzene rings is 4. The molecule has 0 aliphatic heterocycles. The maximum absolute atomic E-state index is 13.6. The van der Waals surface area contributed by atoms with Crippen LogP contribution in [0.5, 0.6) is 11.5 Å². The fourth-order valence-corrected chi connectivity index (χ4v) is 5.43. The number of carbonyl (C=O) groups excluding carboxylic acids is 3. The van der Waals surface area contributed by atoms with E-state index in [1.807, 2.05) is 45.0 Å². The van der Waals surface area contributed by atoms with Gasteiger partial charge in [0.15, 0.2) is 0 Å². The molecule has 0 aromatic heterocycles. The van der Waals surface area contributed by atoms with Crippen LogP contribution in [0.3, 0.4) is 0 Å². The predicted octanol–water partition coefficient (Wildman–Crippen LogP) is 6.94. The van der Waals surface area contributed by atoms with Crippen molar-refractivity contribution in [3.8, 4) is 11.5 Å². The molecule has 0 heterocycles. The van der Waals surface area contributed by atoms with E-state index in [0.717, 1.165) is 21.7 Å². The van der Waals surface area contributed by atoms with Crippen LogP contribution in [-0.4, -0.2) is 35.2 Å². The number of rotatable bonds is 11. The molecule has 0 saturated carbocycles. The number of ether oxygens (including phenoxy) is 1. The molecule has 0 spiro atoms. The van der Waals surface area contributed by atoms with Gasteiger partial charge in [-0.3, -0.25) is 14.4 Å². The highest BCUT2D eigenvalue weighted by atomic mass is 32.2. The SMILES string of the molecule is CCC(Sc1cccc(NC(=O)/C(=C\c2ccc(O)cc2OC)NC(=O)c2ccccc2)c1)C(=O)Nc1ccc(C)cc1C. The molecule has 0 saturated heterocycles. The number of anilines is 2. The lowest BCUT2D eigenvalue weighted by Crippen LogP contribution is -2.30. The summed E-state index contributed by atoms with van der Waals surface area (Å²) in [5, 5.41) is 18.1. The van der Waals surface area contributed by atoms with Crippen LogP contribution < -0.4 is 20.7 Å². The third-order valence-electron chi connectivity index (χ3n) is 6.72. The van der Waals surface area contributed by atoms with Crippen molar-refractivity contribution < 1.29 is 24.2 Å². The fraction of sp³-hybridized carbons (Fsp3) is 0.171. The highest BCUT2D eigenvalue weighted by Crippen LogP contribution is 2.30. The number of phenolic OH excluding ortho intramolecular Hbond substituents is 1. The quantitative estimate of drug-likeness (QED) is 0.108. The van der Waals surface area contributed by atoms with E-state index in [-0.39, 0.29) is 22.6 Å². The molecule has 9 heteroatoms. The molecule has 1 unspecified atom stereocenters. The molecule has 0 aliphatic carbocycles. The van der Waals surface area contributed by atoms with E-state index in [4.69, 9.17) is 4.74 Å². The molecule has 44 heavy (non-hydrogen) atoms. The summed E-state index contributed by atoms with van der Waals surface area (Å²) in [7, 11) is 1.45. The van der Waals surface area contributed by atoms with Crippen LogP contribution >= 0.6 is 11.8 Å². The molecule has 8 nitrogen and oxygen atoms in total. The van der Waals surface area contributed by atoms with Crippen molar-refractivity contribution in [3.63, 3.8) is 0 Å². The number of phenols is 1. The third-order valence-corrected chi connectivity index (χ3v) is 8.08. The molecule has 0 fully saturated rings. The van der Waals surface area contributed by atoms with Crippen LogP contribution in [-0.2, 0) is 9.59 Å². The lowest BCUT2D eigenvalue weighted by atomic mass is 10.1. The molecule has 4 rings (SSSR count). The minimum atomic E-state index is -0.564. The molecule has 4 aromatic carbocycles. The Balaban J connectivity index is 1.54. The van der Waals surface area contributed by atoms with Crippen molar-refractivity contribution in [2.24, 2.45) is 0 Å².